The van der Waals surface area contributed by atoms with Crippen LogP contribution in [0.2, 0.25) is 0 Å². The van der Waals surface area contributed by atoms with E-state index in [1.807, 2.05) is 11.8 Å². The zero-order chi connectivity index (χ0) is 15.9. The number of amidine groups is 1. The van der Waals surface area contributed by atoms with Crippen molar-refractivity contribution in [1.29, 1.82) is 0 Å². The fourth-order valence-corrected chi connectivity index (χ4v) is 2.07. The monoisotopic (exact) mass is 318 g/mol. The van der Waals surface area contributed by atoms with Crippen LogP contribution < -0.4 is 5.53 Å². The van der Waals surface area contributed by atoms with Gasteiger partial charge in [0.1, 0.15) is 0 Å². The Labute approximate surface area is 122 Å². The molecule has 1 aliphatic rings. The summed E-state index contributed by atoms with van der Waals surface area (Å²) in [5.41, 5.74) is 2.08. The number of hydrogen-bond acceptors (Lipinski definition) is 4. The highest BCUT2D eigenvalue weighted by Gasteiger charge is 2.27. The average Bonchev–Trinajstić information content (AvgIpc) is 2.67. The zero-order valence-corrected chi connectivity index (χ0v) is 13.3. The second-order valence-corrected chi connectivity index (χ2v) is 5.98. The van der Waals surface area contributed by atoms with Gasteiger partial charge in [-0.3, -0.25) is 0 Å². The van der Waals surface area contributed by atoms with Crippen LogP contribution in [-0.4, -0.2) is 40.9 Å². The first-order valence-electron chi connectivity index (χ1n) is 6.57. The van der Waals surface area contributed by atoms with Crippen LogP contribution in [0.5, 0.6) is 0 Å². The molecule has 1 rings (SSSR count). The second-order valence-electron chi connectivity index (χ2n) is 4.58. The molecule has 0 aliphatic carbocycles. The SMILES string of the molecule is CCC(C)SC1=NN(C(C)CC)[NH2+]N1C.F[B-](F)(F)F. The molecule has 0 spiro atoms. The fourth-order valence-electron chi connectivity index (χ4n) is 1.19. The van der Waals surface area contributed by atoms with Crippen LogP contribution >= 0.6 is 11.8 Å². The highest BCUT2D eigenvalue weighted by atomic mass is 32.2. The Morgan fingerprint density at radius 3 is 2.10 bits per heavy atom. The molecule has 0 amide bonds. The third kappa shape index (κ3) is 8.52. The van der Waals surface area contributed by atoms with Crippen LogP contribution in [0, 0.1) is 0 Å². The van der Waals surface area contributed by atoms with Crippen molar-refractivity contribution in [3.05, 3.63) is 0 Å². The van der Waals surface area contributed by atoms with Gasteiger partial charge in [0.2, 0.25) is 5.17 Å². The first kappa shape index (κ1) is 19.4. The molecule has 2 atom stereocenters. The summed E-state index contributed by atoms with van der Waals surface area (Å²) >= 11 is 1.85. The zero-order valence-electron chi connectivity index (χ0n) is 12.5. The largest absolute Gasteiger partial charge is 0.673 e. The van der Waals surface area contributed by atoms with Gasteiger partial charge in [-0.05, 0) is 19.8 Å². The van der Waals surface area contributed by atoms with E-state index >= 15 is 0 Å². The quantitative estimate of drug-likeness (QED) is 0.491. The fraction of sp³-hybridized carbons (Fsp3) is 0.900. The molecular formula is C10H23BF4N4S. The number of nitrogens with two attached hydrogens (primary N) is 1. The summed E-state index contributed by atoms with van der Waals surface area (Å²) in [4.78, 5) is 0. The van der Waals surface area contributed by atoms with Gasteiger partial charge in [0, 0.05) is 5.25 Å². The molecule has 0 bridgehead atoms. The van der Waals surface area contributed by atoms with E-state index in [4.69, 9.17) is 0 Å². The number of rotatable bonds is 4. The van der Waals surface area contributed by atoms with Crippen molar-refractivity contribution in [2.45, 2.75) is 51.8 Å². The predicted octanol–water partition coefficient (Wildman–Crippen LogP) is 2.53. The number of quaternary nitrogens is 1. The minimum absolute atomic E-state index is 0.488. The lowest BCUT2D eigenvalue weighted by atomic mass is 10.3. The lowest BCUT2D eigenvalue weighted by Crippen LogP contribution is -2.98. The van der Waals surface area contributed by atoms with Crippen LogP contribution in [0.4, 0.5) is 17.3 Å². The van der Waals surface area contributed by atoms with Gasteiger partial charge in [0.15, 0.2) is 0 Å². The van der Waals surface area contributed by atoms with Gasteiger partial charge < -0.3 is 17.3 Å². The molecule has 120 valence electrons. The van der Waals surface area contributed by atoms with Gasteiger partial charge in [-0.15, -0.1) is 10.7 Å². The maximum absolute atomic E-state index is 9.75. The van der Waals surface area contributed by atoms with Gasteiger partial charge >= 0.3 is 7.25 Å². The summed E-state index contributed by atoms with van der Waals surface area (Å²) in [6.45, 7) is 8.84. The van der Waals surface area contributed by atoms with E-state index in [1.54, 1.807) is 0 Å². The molecule has 0 aromatic carbocycles. The number of nitrogens with zero attached hydrogens (tertiary/aromatic N) is 3. The first-order chi connectivity index (χ1) is 9.08. The van der Waals surface area contributed by atoms with E-state index in [-0.39, 0.29) is 0 Å². The van der Waals surface area contributed by atoms with Crippen molar-refractivity contribution >= 4 is 24.2 Å². The number of halogens is 4. The van der Waals surface area contributed by atoms with Crippen LogP contribution in [0.1, 0.15) is 40.5 Å². The maximum Gasteiger partial charge on any atom is 0.673 e. The molecule has 0 fully saturated rings. The number of hydrogen-bond donors (Lipinski definition) is 1. The van der Waals surface area contributed by atoms with Crippen LogP contribution in [0.15, 0.2) is 5.10 Å². The van der Waals surface area contributed by atoms with Gasteiger partial charge in [0.25, 0.3) is 0 Å². The standard InChI is InChI=1S/C10H22N4S.BF4/c1-6-8(3)14-11-10(13(5)12-14)15-9(4)7-2;2-1(3,4)5/h8-9,12H,6-7H2,1-5H3;/q;-1/p+1. The van der Waals surface area contributed by atoms with E-state index in [9.17, 15) is 17.3 Å². The Balaban J connectivity index is 0.000000621. The van der Waals surface area contributed by atoms with E-state index in [0.29, 0.717) is 11.3 Å². The summed E-state index contributed by atoms with van der Waals surface area (Å²) in [5.74, 6) is 0. The van der Waals surface area contributed by atoms with E-state index in [1.165, 1.54) is 6.42 Å². The van der Waals surface area contributed by atoms with Gasteiger partial charge in [-0.1, -0.05) is 37.6 Å². The van der Waals surface area contributed by atoms with Crippen molar-refractivity contribution in [3.63, 3.8) is 0 Å². The smallest absolute Gasteiger partial charge is 0.418 e. The molecule has 4 nitrogen and oxygen atoms in total. The normalized spacial score (nSPS) is 18.4. The second kappa shape index (κ2) is 8.61. The van der Waals surface area contributed by atoms with E-state index in [0.717, 1.165) is 11.6 Å². The highest BCUT2D eigenvalue weighted by molar-refractivity contribution is 8.14. The summed E-state index contributed by atoms with van der Waals surface area (Å²) in [6, 6.07) is 0.488. The van der Waals surface area contributed by atoms with Crippen molar-refractivity contribution in [1.82, 2.24) is 10.1 Å². The maximum atomic E-state index is 9.75. The third-order valence-electron chi connectivity index (χ3n) is 2.72. The van der Waals surface area contributed by atoms with Crippen LogP contribution in [-0.2, 0) is 0 Å². The summed E-state index contributed by atoms with van der Waals surface area (Å²) < 4.78 is 39.0. The summed E-state index contributed by atoms with van der Waals surface area (Å²) in [6.07, 6.45) is 2.30. The summed E-state index contributed by atoms with van der Waals surface area (Å²) in [7, 11) is -3.93. The Morgan fingerprint density at radius 2 is 1.70 bits per heavy atom. The van der Waals surface area contributed by atoms with Crippen molar-refractivity contribution in [2.75, 3.05) is 7.05 Å². The van der Waals surface area contributed by atoms with E-state index in [2.05, 4.69) is 55.5 Å². The molecule has 0 aromatic heterocycles. The lowest BCUT2D eigenvalue weighted by Gasteiger charge is -2.17. The topological polar surface area (TPSA) is 35.5 Å². The molecule has 0 radical (unpaired) electrons. The third-order valence-corrected chi connectivity index (χ3v) is 4.03. The first-order valence-corrected chi connectivity index (χ1v) is 7.45. The molecular weight excluding hydrogens is 295 g/mol. The number of hydrazone groups is 1. The molecule has 2 N–H and O–H groups in total. The van der Waals surface area contributed by atoms with Gasteiger partial charge in [-0.2, -0.15) is 5.01 Å². The Bertz CT molecular complexity index is 310. The minimum atomic E-state index is -6.00. The summed E-state index contributed by atoms with van der Waals surface area (Å²) in [5, 5.41) is 10.5. The minimum Gasteiger partial charge on any atom is -0.418 e. The van der Waals surface area contributed by atoms with E-state index < -0.39 is 7.25 Å². The average molecular weight is 318 g/mol. The Kier molecular flexibility index (Phi) is 8.33. The molecule has 2 unspecified atom stereocenters. The van der Waals surface area contributed by atoms with Gasteiger partial charge in [0.05, 0.1) is 13.1 Å². The molecule has 0 saturated heterocycles. The Morgan fingerprint density at radius 1 is 1.20 bits per heavy atom. The lowest BCUT2D eigenvalue weighted by molar-refractivity contribution is -0.898. The van der Waals surface area contributed by atoms with Crippen molar-refractivity contribution < 1.29 is 22.8 Å². The predicted molar refractivity (Wildman–Crippen MR) is 76.2 cm³/mol. The van der Waals surface area contributed by atoms with Crippen molar-refractivity contribution in [3.8, 4) is 0 Å². The molecule has 10 heteroatoms. The number of thioether (sulfide) groups is 1. The Hall–Kier alpha value is -0.635. The molecule has 20 heavy (non-hydrogen) atoms. The molecule has 0 saturated carbocycles. The molecule has 0 aromatic rings. The van der Waals surface area contributed by atoms with Crippen LogP contribution in [0.25, 0.3) is 0 Å². The van der Waals surface area contributed by atoms with Crippen molar-refractivity contribution in [2.24, 2.45) is 5.10 Å². The van der Waals surface area contributed by atoms with Gasteiger partial charge in [-0.25, -0.2) is 0 Å². The van der Waals surface area contributed by atoms with Crippen LogP contribution in [0.3, 0.4) is 0 Å². The highest BCUT2D eigenvalue weighted by Crippen LogP contribution is 2.18. The molecule has 1 heterocycles. The molecule has 1 aliphatic heterocycles.